The van der Waals surface area contributed by atoms with Gasteiger partial charge in [-0.3, -0.25) is 4.39 Å². The fourth-order valence-corrected chi connectivity index (χ4v) is 1.09. The van der Waals surface area contributed by atoms with E-state index >= 15 is 0 Å². The van der Waals surface area contributed by atoms with Gasteiger partial charge in [0.25, 0.3) is 0 Å². The molecule has 0 saturated heterocycles. The second-order valence-corrected chi connectivity index (χ2v) is 2.89. The first-order chi connectivity index (χ1) is 6.33. The van der Waals surface area contributed by atoms with Crippen molar-refractivity contribution in [2.24, 2.45) is 0 Å². The molecule has 2 nitrogen and oxygen atoms in total. The maximum Gasteiger partial charge on any atom is 0.115 e. The molecular weight excluding hydrogens is 169 g/mol. The van der Waals surface area contributed by atoms with Gasteiger partial charge in [0.15, 0.2) is 0 Å². The molecule has 72 valence electrons. The first-order valence-electron chi connectivity index (χ1n) is 4.37. The van der Waals surface area contributed by atoms with Crippen LogP contribution >= 0.6 is 0 Å². The lowest BCUT2D eigenvalue weighted by molar-refractivity contribution is 0.458. The van der Waals surface area contributed by atoms with E-state index in [0.717, 1.165) is 5.56 Å². The van der Waals surface area contributed by atoms with Crippen LogP contribution in [0.4, 0.5) is 4.39 Å². The molecule has 0 aromatic heterocycles. The summed E-state index contributed by atoms with van der Waals surface area (Å²) in [5, 5.41) is 12.2. The fourth-order valence-electron chi connectivity index (χ4n) is 1.09. The number of rotatable bonds is 5. The lowest BCUT2D eigenvalue weighted by atomic mass is 10.2. The number of alkyl halides is 1. The molecule has 1 aromatic carbocycles. The summed E-state index contributed by atoms with van der Waals surface area (Å²) in [6.07, 6.45) is 0.540. The van der Waals surface area contributed by atoms with Crippen LogP contribution in [0, 0.1) is 0 Å². The van der Waals surface area contributed by atoms with Crippen LogP contribution < -0.4 is 5.32 Å². The van der Waals surface area contributed by atoms with Crippen LogP contribution in [0.2, 0.25) is 0 Å². The summed E-state index contributed by atoms with van der Waals surface area (Å²) < 4.78 is 11.7. The van der Waals surface area contributed by atoms with Gasteiger partial charge >= 0.3 is 0 Å². The molecule has 0 aliphatic carbocycles. The zero-order chi connectivity index (χ0) is 9.52. The summed E-state index contributed by atoms with van der Waals surface area (Å²) in [6.45, 7) is 1.06. The molecular formula is C10H14FNO. The summed E-state index contributed by atoms with van der Waals surface area (Å²) in [6, 6.07) is 7.04. The molecule has 0 amide bonds. The zero-order valence-electron chi connectivity index (χ0n) is 7.46. The normalized spacial score (nSPS) is 10.2. The van der Waals surface area contributed by atoms with Gasteiger partial charge in [0.05, 0.1) is 6.67 Å². The highest BCUT2D eigenvalue weighted by atomic mass is 19.1. The van der Waals surface area contributed by atoms with E-state index in [9.17, 15) is 4.39 Å². The average molecular weight is 183 g/mol. The van der Waals surface area contributed by atoms with Crippen molar-refractivity contribution in [1.29, 1.82) is 0 Å². The Bertz CT molecular complexity index is 252. The molecule has 13 heavy (non-hydrogen) atoms. The van der Waals surface area contributed by atoms with Crippen molar-refractivity contribution in [3.8, 4) is 5.75 Å². The van der Waals surface area contributed by atoms with Gasteiger partial charge in [-0.25, -0.2) is 0 Å². The average Bonchev–Trinajstić information content (AvgIpc) is 2.13. The summed E-state index contributed by atoms with van der Waals surface area (Å²) in [7, 11) is 0. The Morgan fingerprint density at radius 3 is 2.92 bits per heavy atom. The van der Waals surface area contributed by atoms with E-state index < -0.39 is 0 Å². The highest BCUT2D eigenvalue weighted by Crippen LogP contribution is 2.10. The molecule has 0 bridgehead atoms. The fraction of sp³-hybridized carbons (Fsp3) is 0.400. The number of hydrogen-bond donors (Lipinski definition) is 2. The van der Waals surface area contributed by atoms with Crippen LogP contribution in [0.3, 0.4) is 0 Å². The van der Waals surface area contributed by atoms with Gasteiger partial charge < -0.3 is 10.4 Å². The molecule has 2 N–H and O–H groups in total. The highest BCUT2D eigenvalue weighted by Gasteiger charge is 1.93. The minimum atomic E-state index is -0.285. The maximum absolute atomic E-state index is 11.7. The molecule has 0 spiro atoms. The minimum absolute atomic E-state index is 0.268. The topological polar surface area (TPSA) is 32.3 Å². The molecule has 0 fully saturated rings. The van der Waals surface area contributed by atoms with Crippen molar-refractivity contribution >= 4 is 0 Å². The van der Waals surface area contributed by atoms with E-state index in [2.05, 4.69) is 5.32 Å². The summed E-state index contributed by atoms with van der Waals surface area (Å²) in [5.74, 6) is 0.268. The third-order valence-corrected chi connectivity index (χ3v) is 1.73. The molecule has 0 atom stereocenters. The number of phenols is 1. The van der Waals surface area contributed by atoms with Gasteiger partial charge in [0.1, 0.15) is 5.75 Å². The van der Waals surface area contributed by atoms with Crippen LogP contribution in [-0.4, -0.2) is 18.3 Å². The zero-order valence-corrected chi connectivity index (χ0v) is 7.46. The molecule has 0 unspecified atom stereocenters. The molecule has 3 heteroatoms. The second-order valence-electron chi connectivity index (χ2n) is 2.89. The van der Waals surface area contributed by atoms with Gasteiger partial charge in [0, 0.05) is 6.54 Å². The second kappa shape index (κ2) is 5.54. The Kier molecular flexibility index (Phi) is 4.26. The van der Waals surface area contributed by atoms with Crippen LogP contribution in [0.1, 0.15) is 12.0 Å². The van der Waals surface area contributed by atoms with Crippen molar-refractivity contribution in [3.63, 3.8) is 0 Å². The third kappa shape index (κ3) is 3.90. The summed E-state index contributed by atoms with van der Waals surface area (Å²) in [4.78, 5) is 0. The highest BCUT2D eigenvalue weighted by molar-refractivity contribution is 5.26. The van der Waals surface area contributed by atoms with Crippen LogP contribution in [0.25, 0.3) is 0 Å². The molecule has 0 saturated carbocycles. The lowest BCUT2D eigenvalue weighted by Crippen LogP contribution is -2.14. The van der Waals surface area contributed by atoms with Gasteiger partial charge in [-0.2, -0.15) is 0 Å². The Morgan fingerprint density at radius 2 is 2.23 bits per heavy atom. The number of benzene rings is 1. The van der Waals surface area contributed by atoms with Gasteiger partial charge in [0.2, 0.25) is 0 Å². The van der Waals surface area contributed by atoms with Crippen molar-refractivity contribution < 1.29 is 9.50 Å². The smallest absolute Gasteiger partial charge is 0.115 e. The predicted molar refractivity (Wildman–Crippen MR) is 50.4 cm³/mol. The predicted octanol–water partition coefficient (Wildman–Crippen LogP) is 1.84. The Hall–Kier alpha value is -1.09. The third-order valence-electron chi connectivity index (χ3n) is 1.73. The van der Waals surface area contributed by atoms with Gasteiger partial charge in [-0.1, -0.05) is 12.1 Å². The van der Waals surface area contributed by atoms with Crippen molar-refractivity contribution in [3.05, 3.63) is 29.8 Å². The summed E-state index contributed by atoms with van der Waals surface area (Å²) >= 11 is 0. The first kappa shape index (κ1) is 9.99. The molecule has 0 aliphatic heterocycles. The molecule has 1 rings (SSSR count). The van der Waals surface area contributed by atoms with Crippen LogP contribution in [0.15, 0.2) is 24.3 Å². The number of phenolic OH excluding ortho intramolecular Hbond substituents is 1. The van der Waals surface area contributed by atoms with E-state index in [-0.39, 0.29) is 12.4 Å². The van der Waals surface area contributed by atoms with E-state index in [0.29, 0.717) is 19.5 Å². The monoisotopic (exact) mass is 183 g/mol. The van der Waals surface area contributed by atoms with E-state index in [1.807, 2.05) is 6.07 Å². The quantitative estimate of drug-likeness (QED) is 0.683. The SMILES string of the molecule is Oc1cccc(CNCCCF)c1. The van der Waals surface area contributed by atoms with Crippen molar-refractivity contribution in [2.75, 3.05) is 13.2 Å². The minimum Gasteiger partial charge on any atom is -0.508 e. The summed E-state index contributed by atoms with van der Waals surface area (Å²) in [5.41, 5.74) is 1.01. The Balaban J connectivity index is 2.28. The van der Waals surface area contributed by atoms with Crippen molar-refractivity contribution in [2.45, 2.75) is 13.0 Å². The molecule has 0 heterocycles. The lowest BCUT2D eigenvalue weighted by Gasteiger charge is -2.03. The first-order valence-corrected chi connectivity index (χ1v) is 4.37. The Morgan fingerprint density at radius 1 is 1.38 bits per heavy atom. The standard InChI is InChI=1S/C10H14FNO/c11-5-2-6-12-8-9-3-1-4-10(13)7-9/h1,3-4,7,12-13H,2,5-6,8H2. The molecule has 0 aliphatic rings. The molecule has 1 aromatic rings. The number of halogens is 1. The van der Waals surface area contributed by atoms with E-state index in [4.69, 9.17) is 5.11 Å². The number of aromatic hydroxyl groups is 1. The van der Waals surface area contributed by atoms with E-state index in [1.54, 1.807) is 18.2 Å². The van der Waals surface area contributed by atoms with E-state index in [1.165, 1.54) is 0 Å². The van der Waals surface area contributed by atoms with Crippen LogP contribution in [0.5, 0.6) is 5.75 Å². The van der Waals surface area contributed by atoms with Crippen LogP contribution in [-0.2, 0) is 6.54 Å². The van der Waals surface area contributed by atoms with Gasteiger partial charge in [-0.05, 0) is 30.7 Å². The maximum atomic E-state index is 11.7. The largest absolute Gasteiger partial charge is 0.508 e. The van der Waals surface area contributed by atoms with Crippen molar-refractivity contribution in [1.82, 2.24) is 5.32 Å². The molecule has 0 radical (unpaired) electrons. The van der Waals surface area contributed by atoms with Gasteiger partial charge in [-0.15, -0.1) is 0 Å². The number of hydrogen-bond acceptors (Lipinski definition) is 2. The Labute approximate surface area is 77.4 Å². The number of nitrogens with one attached hydrogen (secondary N) is 1.